The third kappa shape index (κ3) is 4.63. The Kier molecular flexibility index (Phi) is 1.94. The Balaban J connectivity index is 0. The maximum atomic E-state index is 10.8. The molecule has 0 aromatic carbocycles. The Labute approximate surface area is 84.2 Å². The van der Waals surface area contributed by atoms with E-state index >= 15 is 0 Å². The second-order valence-electron chi connectivity index (χ2n) is 1.08. The van der Waals surface area contributed by atoms with Gasteiger partial charge in [0, 0.05) is 14.1 Å². The maximum absolute atomic E-state index is 10.8. The van der Waals surface area contributed by atoms with Crippen molar-refractivity contribution in [1.29, 1.82) is 0 Å². The number of aliphatic carboxylic acids is 1. The van der Waals surface area contributed by atoms with Crippen LogP contribution >= 0.6 is 0 Å². The molecular formula is C5H7NaO3. The topological polar surface area (TPSA) is 57.2 Å². The Morgan fingerprint density at radius 1 is 1.56 bits per heavy atom. The summed E-state index contributed by atoms with van der Waals surface area (Å²) in [5, 5.41) is 10.1. The van der Waals surface area contributed by atoms with Gasteiger partial charge in [-0.2, -0.15) is 0 Å². The molecule has 9 heavy (non-hydrogen) atoms. The first-order valence-corrected chi connectivity index (χ1v) is 1.73. The van der Waals surface area contributed by atoms with Crippen LogP contribution in [0.5, 0.6) is 0 Å². The molecular weight excluding hydrogens is 131 g/mol. The number of ketones is 1. The minimum absolute atomic E-state index is 0. The summed E-state index contributed by atoms with van der Waals surface area (Å²) in [6, 6.07) is 0. The second-order valence-corrected chi connectivity index (χ2v) is 1.08. The van der Waals surface area contributed by atoms with Gasteiger partial charge in [0.05, 0.1) is 0 Å². The molecule has 0 radical (unpaired) electrons. The van der Waals surface area contributed by atoms with E-state index in [1.807, 2.05) is 0 Å². The number of carboxylic acids is 1. The number of carboxylic acid groups (broad SMARTS) is 1. The summed E-state index contributed by atoms with van der Waals surface area (Å²) in [5.41, 5.74) is 0. The van der Waals surface area contributed by atoms with Crippen LogP contribution < -0.4 is 34.7 Å². The molecule has 0 aliphatic carbocycles. The zero-order valence-corrected chi connectivity index (χ0v) is 6.80. The van der Waals surface area contributed by atoms with E-state index in [9.17, 15) is 14.7 Å². The fourth-order valence-corrected chi connectivity index (χ4v) is 0.118. The van der Waals surface area contributed by atoms with Gasteiger partial charge in [0.1, 0.15) is 5.97 Å². The van der Waals surface area contributed by atoms with Gasteiger partial charge in [-0.3, -0.25) is 4.79 Å². The molecule has 0 spiro atoms. The van der Waals surface area contributed by atoms with Crippen LogP contribution in [-0.2, 0) is 9.59 Å². The SMILES string of the molecule is [2H]C([2H])([2H])C(C(=O)C(=O)[O-])C([2H])([2H])[2H].[Na+]. The molecule has 0 N–H and O–H groups in total. The Morgan fingerprint density at radius 3 is 2.11 bits per heavy atom. The van der Waals surface area contributed by atoms with E-state index in [1.165, 1.54) is 0 Å². The van der Waals surface area contributed by atoms with E-state index in [1.54, 1.807) is 0 Å². The molecule has 0 heterocycles. The fraction of sp³-hybridized carbons (Fsp3) is 0.600. The van der Waals surface area contributed by atoms with Gasteiger partial charge in [-0.25, -0.2) is 0 Å². The molecule has 0 unspecified atom stereocenters. The molecule has 0 saturated carbocycles. The van der Waals surface area contributed by atoms with Crippen LogP contribution in [0, 0.1) is 5.92 Å². The van der Waals surface area contributed by atoms with Crippen molar-refractivity contribution in [2.24, 2.45) is 5.92 Å². The average Bonchev–Trinajstić information content (AvgIpc) is 1.79. The summed E-state index contributed by atoms with van der Waals surface area (Å²) in [6.07, 6.45) is 0. The standard InChI is InChI=1S/C5H8O3.Na/c1-3(2)4(6)5(7)8;/h3H,1-2H3,(H,7,8);/q;+1/p-1/i1D3,2D3;. The largest absolute Gasteiger partial charge is 1.00 e. The zero-order valence-electron chi connectivity index (χ0n) is 10.8. The normalized spacial score (nSPS) is 21.0. The van der Waals surface area contributed by atoms with Gasteiger partial charge in [0.15, 0.2) is 5.78 Å². The van der Waals surface area contributed by atoms with Gasteiger partial charge >= 0.3 is 29.6 Å². The molecule has 0 bridgehead atoms. The number of hydrogen-bond acceptors (Lipinski definition) is 3. The smallest absolute Gasteiger partial charge is 0.542 e. The van der Waals surface area contributed by atoms with Crippen LogP contribution in [0.4, 0.5) is 0 Å². The first kappa shape index (κ1) is 3.51. The molecule has 0 aromatic rings. The molecule has 0 fully saturated rings. The fourth-order valence-electron chi connectivity index (χ4n) is 0.118. The van der Waals surface area contributed by atoms with Crippen molar-refractivity contribution in [2.75, 3.05) is 0 Å². The van der Waals surface area contributed by atoms with E-state index in [4.69, 9.17) is 8.22 Å². The molecule has 0 amide bonds. The third-order valence-corrected chi connectivity index (χ3v) is 0.463. The number of carbonyl (C=O) groups is 2. The summed E-state index contributed by atoms with van der Waals surface area (Å²) in [4.78, 5) is 20.8. The van der Waals surface area contributed by atoms with Crippen molar-refractivity contribution in [3.05, 3.63) is 0 Å². The van der Waals surface area contributed by atoms with Gasteiger partial charge in [-0.05, 0) is 0 Å². The van der Waals surface area contributed by atoms with Gasteiger partial charge in [0.25, 0.3) is 0 Å². The van der Waals surface area contributed by atoms with Crippen molar-refractivity contribution >= 4 is 11.8 Å². The predicted octanol–water partition coefficient (Wildman–Crippen LogP) is -4.03. The van der Waals surface area contributed by atoms with Crippen molar-refractivity contribution in [3.63, 3.8) is 0 Å². The second kappa shape index (κ2) is 4.97. The molecule has 0 atom stereocenters. The average molecular weight is 144 g/mol. The summed E-state index contributed by atoms with van der Waals surface area (Å²) in [5.74, 6) is -6.76. The van der Waals surface area contributed by atoms with Crippen molar-refractivity contribution in [3.8, 4) is 0 Å². The number of rotatable bonds is 2. The van der Waals surface area contributed by atoms with Crippen LogP contribution in [0.25, 0.3) is 0 Å². The number of Topliss-reactive ketones (excluding diaryl/α,β-unsaturated/α-hetero) is 1. The van der Waals surface area contributed by atoms with E-state index in [-0.39, 0.29) is 29.6 Å². The first-order valence-electron chi connectivity index (χ1n) is 4.73. The van der Waals surface area contributed by atoms with Crippen LogP contribution in [0.15, 0.2) is 0 Å². The molecule has 0 rings (SSSR count). The molecule has 46 valence electrons. The third-order valence-electron chi connectivity index (χ3n) is 0.463. The van der Waals surface area contributed by atoms with Gasteiger partial charge in [0.2, 0.25) is 0 Å². The minimum atomic E-state index is -3.18. The zero-order chi connectivity index (χ0) is 11.7. The van der Waals surface area contributed by atoms with E-state index in [0.29, 0.717) is 0 Å². The van der Waals surface area contributed by atoms with Crippen molar-refractivity contribution in [2.45, 2.75) is 13.7 Å². The van der Waals surface area contributed by atoms with Crippen LogP contribution in [0.1, 0.15) is 21.9 Å². The van der Waals surface area contributed by atoms with Crippen LogP contribution in [0.2, 0.25) is 0 Å². The van der Waals surface area contributed by atoms with Crippen LogP contribution in [0.3, 0.4) is 0 Å². The maximum Gasteiger partial charge on any atom is 1.00 e. The Hall–Kier alpha value is 0.140. The van der Waals surface area contributed by atoms with Gasteiger partial charge < -0.3 is 9.90 Å². The summed E-state index contributed by atoms with van der Waals surface area (Å²) in [6.45, 7) is -6.36. The van der Waals surface area contributed by atoms with E-state index in [2.05, 4.69) is 0 Å². The van der Waals surface area contributed by atoms with Crippen LogP contribution in [-0.4, -0.2) is 11.8 Å². The summed E-state index contributed by atoms with van der Waals surface area (Å²) >= 11 is 0. The Morgan fingerprint density at radius 2 is 2.00 bits per heavy atom. The molecule has 0 aliphatic rings. The molecule has 4 heteroatoms. The summed E-state index contributed by atoms with van der Waals surface area (Å²) < 4.78 is 40.4. The quantitative estimate of drug-likeness (QED) is 0.293. The molecule has 0 aromatic heterocycles. The molecule has 0 saturated heterocycles. The van der Waals surface area contributed by atoms with Gasteiger partial charge in [-0.15, -0.1) is 0 Å². The first-order chi connectivity index (χ1) is 5.98. The van der Waals surface area contributed by atoms with Crippen molar-refractivity contribution < 1.29 is 52.5 Å². The molecule has 0 aliphatic heterocycles. The van der Waals surface area contributed by atoms with E-state index in [0.717, 1.165) is 0 Å². The van der Waals surface area contributed by atoms with E-state index < -0.39 is 31.4 Å². The van der Waals surface area contributed by atoms with Gasteiger partial charge in [-0.1, -0.05) is 13.7 Å². The minimum Gasteiger partial charge on any atom is -0.542 e. The monoisotopic (exact) mass is 144 g/mol. The Bertz CT molecular complexity index is 242. The molecule has 3 nitrogen and oxygen atoms in total. The number of carbonyl (C=O) groups excluding carboxylic acids is 2. The summed E-state index contributed by atoms with van der Waals surface area (Å²) in [7, 11) is 0. The number of hydrogen-bond donors (Lipinski definition) is 0. The predicted molar refractivity (Wildman–Crippen MR) is 24.9 cm³/mol. The van der Waals surface area contributed by atoms with Crippen molar-refractivity contribution in [1.82, 2.24) is 0 Å².